The van der Waals surface area contributed by atoms with Crippen molar-refractivity contribution in [1.82, 2.24) is 10.2 Å². The number of hydrogen-bond acceptors (Lipinski definition) is 3. The Morgan fingerprint density at radius 2 is 1.86 bits per heavy atom. The van der Waals surface area contributed by atoms with Crippen LogP contribution in [0.15, 0.2) is 4.99 Å². The Morgan fingerprint density at radius 3 is 2.57 bits per heavy atom. The van der Waals surface area contributed by atoms with Crippen LogP contribution in [0.1, 0.15) is 58.3 Å². The van der Waals surface area contributed by atoms with E-state index in [1.807, 2.05) is 23.6 Å². The van der Waals surface area contributed by atoms with Gasteiger partial charge in [0.25, 0.3) is 0 Å². The normalized spacial score (nSPS) is 28.6. The summed E-state index contributed by atoms with van der Waals surface area (Å²) in [4.78, 5) is 19.1. The predicted molar refractivity (Wildman–Crippen MR) is 88.7 cm³/mol. The van der Waals surface area contributed by atoms with Crippen molar-refractivity contribution in [3.63, 3.8) is 0 Å². The summed E-state index contributed by atoms with van der Waals surface area (Å²) in [5.74, 6) is 1.32. The van der Waals surface area contributed by atoms with Crippen molar-refractivity contribution in [2.24, 2.45) is 4.99 Å². The summed E-state index contributed by atoms with van der Waals surface area (Å²) in [5, 5.41) is 4.63. The fourth-order valence-corrected chi connectivity index (χ4v) is 4.98. The average Bonchev–Trinajstić information content (AvgIpc) is 2.90. The maximum atomic E-state index is 12.4. The lowest BCUT2D eigenvalue weighted by atomic mass is 9.83. The van der Waals surface area contributed by atoms with Crippen LogP contribution in [0, 0.1) is 0 Å². The molecule has 0 radical (unpaired) electrons. The van der Waals surface area contributed by atoms with Gasteiger partial charge in [-0.15, -0.1) is 0 Å². The fourth-order valence-electron chi connectivity index (χ4n) is 3.68. The molecule has 1 amide bonds. The number of carbonyl (C=O) groups is 1. The van der Waals surface area contributed by atoms with Gasteiger partial charge in [-0.25, -0.2) is 4.99 Å². The Morgan fingerprint density at radius 1 is 1.19 bits per heavy atom. The third kappa shape index (κ3) is 3.55. The van der Waals surface area contributed by atoms with Gasteiger partial charge in [-0.05, 0) is 39.0 Å². The zero-order valence-electron chi connectivity index (χ0n) is 13.1. The molecule has 0 bridgehead atoms. The Bertz CT molecular complexity index is 412. The number of aliphatic imine (C=N–C) groups is 1. The molecule has 2 saturated heterocycles. The lowest BCUT2D eigenvalue weighted by Gasteiger charge is -2.33. The summed E-state index contributed by atoms with van der Waals surface area (Å²) in [6, 6.07) is -0.239. The highest BCUT2D eigenvalue weighted by atomic mass is 32.2. The quantitative estimate of drug-likeness (QED) is 0.853. The van der Waals surface area contributed by atoms with E-state index in [4.69, 9.17) is 0 Å². The summed E-state index contributed by atoms with van der Waals surface area (Å²) in [6.45, 7) is 3.77. The maximum absolute atomic E-state index is 12.4. The van der Waals surface area contributed by atoms with E-state index >= 15 is 0 Å². The van der Waals surface area contributed by atoms with Gasteiger partial charge in [-0.2, -0.15) is 0 Å². The van der Waals surface area contributed by atoms with E-state index < -0.39 is 0 Å². The van der Waals surface area contributed by atoms with Crippen LogP contribution < -0.4 is 5.32 Å². The first-order chi connectivity index (χ1) is 10.2. The summed E-state index contributed by atoms with van der Waals surface area (Å²) >= 11 is 1.81. The van der Waals surface area contributed by atoms with Gasteiger partial charge in [-0.1, -0.05) is 31.0 Å². The number of carbonyl (C=O) groups excluding carboxylic acids is 1. The number of likely N-dealkylation sites (tertiary alicyclic amines) is 1. The van der Waals surface area contributed by atoms with Crippen LogP contribution in [0.5, 0.6) is 0 Å². The van der Waals surface area contributed by atoms with Crippen LogP contribution in [0.2, 0.25) is 0 Å². The summed E-state index contributed by atoms with van der Waals surface area (Å²) < 4.78 is 0. The second-order valence-electron chi connectivity index (χ2n) is 6.75. The highest BCUT2D eigenvalue weighted by molar-refractivity contribution is 8.14. The molecule has 5 heteroatoms. The van der Waals surface area contributed by atoms with Crippen LogP contribution >= 0.6 is 11.8 Å². The number of piperidine rings is 1. The molecule has 0 aromatic heterocycles. The van der Waals surface area contributed by atoms with Crippen LogP contribution in [0.3, 0.4) is 0 Å². The third-order valence-corrected chi connectivity index (χ3v) is 6.18. The lowest BCUT2D eigenvalue weighted by Crippen LogP contribution is -2.46. The van der Waals surface area contributed by atoms with Crippen LogP contribution in [0.4, 0.5) is 0 Å². The molecule has 1 saturated carbocycles. The molecule has 3 aliphatic rings. The first-order valence-corrected chi connectivity index (χ1v) is 9.45. The maximum Gasteiger partial charge on any atom is 0.247 e. The largest absolute Gasteiger partial charge is 0.359 e. The number of hydrogen-bond donors (Lipinski definition) is 1. The van der Waals surface area contributed by atoms with E-state index in [9.17, 15) is 4.79 Å². The van der Waals surface area contributed by atoms with Crippen molar-refractivity contribution >= 4 is 22.8 Å². The molecule has 3 rings (SSSR count). The molecule has 118 valence electrons. The van der Waals surface area contributed by atoms with Crippen LogP contribution in [0.25, 0.3) is 0 Å². The molecule has 21 heavy (non-hydrogen) atoms. The minimum atomic E-state index is -0.239. The molecular weight excluding hydrogens is 282 g/mol. The van der Waals surface area contributed by atoms with Crippen molar-refractivity contribution in [1.29, 1.82) is 0 Å². The van der Waals surface area contributed by atoms with Gasteiger partial charge in [0.05, 0.1) is 0 Å². The third-order valence-electron chi connectivity index (χ3n) is 5.00. The molecule has 0 aromatic rings. The van der Waals surface area contributed by atoms with Gasteiger partial charge < -0.3 is 10.2 Å². The zero-order chi connectivity index (χ0) is 14.7. The van der Waals surface area contributed by atoms with Crippen molar-refractivity contribution in [3.05, 3.63) is 0 Å². The number of amidine groups is 1. The van der Waals surface area contributed by atoms with Gasteiger partial charge in [0.2, 0.25) is 5.91 Å². The molecule has 2 heterocycles. The number of amides is 1. The van der Waals surface area contributed by atoms with E-state index in [0.29, 0.717) is 0 Å². The van der Waals surface area contributed by atoms with Crippen molar-refractivity contribution < 1.29 is 4.79 Å². The topological polar surface area (TPSA) is 44.7 Å². The predicted octanol–water partition coefficient (Wildman–Crippen LogP) is 2.78. The van der Waals surface area contributed by atoms with E-state index in [-0.39, 0.29) is 17.5 Å². The SMILES string of the molecule is CC(N=C1NC2(CCCCC2)CS1)C(=O)N1CCCCC1. The summed E-state index contributed by atoms with van der Waals surface area (Å²) in [6.07, 6.45) is 10.1. The Hall–Kier alpha value is -0.710. The molecule has 0 aromatic carbocycles. The summed E-state index contributed by atoms with van der Waals surface area (Å²) in [5.41, 5.74) is 0.273. The monoisotopic (exact) mass is 309 g/mol. The van der Waals surface area contributed by atoms with Gasteiger partial charge >= 0.3 is 0 Å². The molecule has 2 aliphatic heterocycles. The van der Waals surface area contributed by atoms with E-state index in [1.165, 1.54) is 38.5 Å². The number of rotatable bonds is 2. The van der Waals surface area contributed by atoms with Gasteiger partial charge in [0.15, 0.2) is 5.17 Å². The molecular formula is C16H27N3OS. The van der Waals surface area contributed by atoms with Crippen molar-refractivity contribution in [2.45, 2.75) is 69.9 Å². The summed E-state index contributed by atoms with van der Waals surface area (Å²) in [7, 11) is 0. The highest BCUT2D eigenvalue weighted by Crippen LogP contribution is 2.36. The molecule has 1 unspecified atom stereocenters. The highest BCUT2D eigenvalue weighted by Gasteiger charge is 2.38. The van der Waals surface area contributed by atoms with Crippen molar-refractivity contribution in [2.75, 3.05) is 18.8 Å². The number of thioether (sulfide) groups is 1. The Balaban J connectivity index is 1.58. The number of nitrogens with zero attached hydrogens (tertiary/aromatic N) is 2. The van der Waals surface area contributed by atoms with Gasteiger partial charge in [0.1, 0.15) is 6.04 Å². The Labute approximate surface area is 132 Å². The number of nitrogens with one attached hydrogen (secondary N) is 1. The van der Waals surface area contributed by atoms with Crippen LogP contribution in [-0.4, -0.2) is 46.4 Å². The molecule has 1 aliphatic carbocycles. The smallest absolute Gasteiger partial charge is 0.247 e. The molecule has 3 fully saturated rings. The van der Waals surface area contributed by atoms with Crippen molar-refractivity contribution in [3.8, 4) is 0 Å². The Kier molecular flexibility index (Phi) is 4.77. The molecule has 4 nitrogen and oxygen atoms in total. The van der Waals surface area contributed by atoms with Crippen LogP contribution in [-0.2, 0) is 4.79 Å². The van der Waals surface area contributed by atoms with E-state index in [0.717, 1.165) is 36.9 Å². The van der Waals surface area contributed by atoms with E-state index in [2.05, 4.69) is 10.3 Å². The molecule has 1 N–H and O–H groups in total. The molecule has 1 spiro atoms. The standard InChI is InChI=1S/C16H27N3OS/c1-13(14(20)19-10-6-3-7-11-19)17-15-18-16(12-21-15)8-4-2-5-9-16/h13H,2-12H2,1H3,(H,17,18). The van der Waals surface area contributed by atoms with Gasteiger partial charge in [0, 0.05) is 24.4 Å². The minimum Gasteiger partial charge on any atom is -0.359 e. The fraction of sp³-hybridized carbons (Fsp3) is 0.875. The first kappa shape index (κ1) is 15.2. The molecule has 1 atom stereocenters. The first-order valence-electron chi connectivity index (χ1n) is 8.46. The van der Waals surface area contributed by atoms with Gasteiger partial charge in [-0.3, -0.25) is 4.79 Å². The lowest BCUT2D eigenvalue weighted by molar-refractivity contribution is -0.132. The average molecular weight is 309 g/mol. The van der Waals surface area contributed by atoms with E-state index in [1.54, 1.807) is 0 Å². The zero-order valence-corrected chi connectivity index (χ0v) is 13.9. The minimum absolute atomic E-state index is 0.203. The second kappa shape index (κ2) is 6.59. The second-order valence-corrected chi connectivity index (χ2v) is 7.71.